The molecule has 2 aromatic rings. The predicted octanol–water partition coefficient (Wildman–Crippen LogP) is 4.99. The van der Waals surface area contributed by atoms with Crippen molar-refractivity contribution in [2.45, 2.75) is 65.8 Å². The summed E-state index contributed by atoms with van der Waals surface area (Å²) in [6, 6.07) is 7.75. The Labute approximate surface area is 191 Å². The second kappa shape index (κ2) is 13.8. The van der Waals surface area contributed by atoms with Crippen LogP contribution in [0.3, 0.4) is 0 Å². The molecule has 1 aromatic heterocycles. The molecule has 2 rings (SSSR count). The van der Waals surface area contributed by atoms with E-state index in [1.54, 1.807) is 12.1 Å². The summed E-state index contributed by atoms with van der Waals surface area (Å²) in [5.74, 6) is 0.979. The van der Waals surface area contributed by atoms with Gasteiger partial charge in [-0.05, 0) is 50.7 Å². The highest BCUT2D eigenvalue weighted by atomic mass is 19.1. The third kappa shape index (κ3) is 8.91. The zero-order valence-electron chi connectivity index (χ0n) is 19.8. The fourth-order valence-electron chi connectivity index (χ4n) is 3.35. The normalized spacial score (nSPS) is 12.1. The molecule has 0 fully saturated rings. The summed E-state index contributed by atoms with van der Waals surface area (Å²) in [5.41, 5.74) is 1.50. The first-order valence-corrected chi connectivity index (χ1v) is 11.7. The number of nitrogens with zero attached hydrogens (tertiary/aromatic N) is 2. The van der Waals surface area contributed by atoms with E-state index in [9.17, 15) is 9.18 Å². The van der Waals surface area contributed by atoms with Crippen molar-refractivity contribution < 1.29 is 13.9 Å². The smallest absolute Gasteiger partial charge is 0.242 e. The molecule has 7 heteroatoms. The molecule has 6 nitrogen and oxygen atoms in total. The van der Waals surface area contributed by atoms with Crippen LogP contribution in [-0.4, -0.2) is 41.7 Å². The van der Waals surface area contributed by atoms with E-state index < -0.39 is 6.04 Å². The quantitative estimate of drug-likeness (QED) is 0.401. The van der Waals surface area contributed by atoms with E-state index in [1.165, 1.54) is 12.1 Å². The molecule has 0 aliphatic rings. The Balaban J connectivity index is 2.22. The molecule has 0 saturated carbocycles. The van der Waals surface area contributed by atoms with Crippen LogP contribution in [0.5, 0.6) is 0 Å². The van der Waals surface area contributed by atoms with Gasteiger partial charge in [0.05, 0.1) is 0 Å². The van der Waals surface area contributed by atoms with Gasteiger partial charge in [0.25, 0.3) is 0 Å². The number of anilines is 1. The summed E-state index contributed by atoms with van der Waals surface area (Å²) < 4.78 is 19.1. The number of aromatic nitrogens is 2. The Morgan fingerprint density at radius 1 is 1.16 bits per heavy atom. The van der Waals surface area contributed by atoms with Crippen LogP contribution < -0.4 is 10.6 Å². The van der Waals surface area contributed by atoms with Crippen molar-refractivity contribution in [3.63, 3.8) is 0 Å². The van der Waals surface area contributed by atoms with E-state index in [-0.39, 0.29) is 11.7 Å². The second-order valence-electron chi connectivity index (χ2n) is 8.35. The fraction of sp³-hybridized carbons (Fsp3) is 0.560. The fourth-order valence-corrected chi connectivity index (χ4v) is 3.35. The van der Waals surface area contributed by atoms with Crippen LogP contribution in [0.4, 0.5) is 10.2 Å². The molecular formula is C25H37FN4O2. The lowest BCUT2D eigenvalue weighted by Gasteiger charge is -2.21. The maximum absolute atomic E-state index is 13.8. The van der Waals surface area contributed by atoms with Crippen LogP contribution in [0.15, 0.2) is 30.3 Å². The van der Waals surface area contributed by atoms with Crippen LogP contribution in [0.1, 0.15) is 59.1 Å². The number of rotatable bonds is 14. The molecule has 1 aromatic carbocycles. The topological polar surface area (TPSA) is 76.1 Å². The average molecular weight is 445 g/mol. The second-order valence-corrected chi connectivity index (χ2v) is 8.35. The molecule has 176 valence electrons. The van der Waals surface area contributed by atoms with E-state index in [2.05, 4.69) is 41.4 Å². The number of hydrogen-bond donors (Lipinski definition) is 2. The molecule has 0 spiro atoms. The first-order chi connectivity index (χ1) is 15.4. The number of unbranched alkanes of at least 4 members (excludes halogenated alkanes) is 1. The van der Waals surface area contributed by atoms with Gasteiger partial charge in [0.1, 0.15) is 17.7 Å². The van der Waals surface area contributed by atoms with Crippen LogP contribution in [-0.2, 0) is 16.0 Å². The highest BCUT2D eigenvalue weighted by molar-refractivity contribution is 5.84. The molecule has 0 radical (unpaired) electrons. The lowest BCUT2D eigenvalue weighted by Crippen LogP contribution is -2.41. The molecule has 0 saturated heterocycles. The zero-order valence-corrected chi connectivity index (χ0v) is 19.8. The summed E-state index contributed by atoms with van der Waals surface area (Å²) in [7, 11) is 0. The summed E-state index contributed by atoms with van der Waals surface area (Å²) in [6.07, 6.45) is 4.28. The average Bonchev–Trinajstić information content (AvgIpc) is 2.76. The number of amides is 1. The van der Waals surface area contributed by atoms with Crippen molar-refractivity contribution in [3.05, 3.63) is 41.8 Å². The van der Waals surface area contributed by atoms with Gasteiger partial charge in [0.2, 0.25) is 5.91 Å². The largest absolute Gasteiger partial charge is 0.382 e. The van der Waals surface area contributed by atoms with Gasteiger partial charge in [-0.1, -0.05) is 39.3 Å². The van der Waals surface area contributed by atoms with E-state index in [0.29, 0.717) is 49.3 Å². The maximum Gasteiger partial charge on any atom is 0.242 e. The van der Waals surface area contributed by atoms with Gasteiger partial charge in [-0.15, -0.1) is 0 Å². The van der Waals surface area contributed by atoms with Crippen LogP contribution in [0.2, 0.25) is 0 Å². The Morgan fingerprint density at radius 3 is 2.66 bits per heavy atom. The van der Waals surface area contributed by atoms with Crippen molar-refractivity contribution in [2.24, 2.45) is 5.92 Å². The first kappa shape index (κ1) is 25.7. The summed E-state index contributed by atoms with van der Waals surface area (Å²) >= 11 is 0. The Kier molecular flexibility index (Phi) is 11.1. The molecular weight excluding hydrogens is 407 g/mol. The summed E-state index contributed by atoms with van der Waals surface area (Å²) in [5, 5.41) is 6.31. The van der Waals surface area contributed by atoms with Gasteiger partial charge in [-0.3, -0.25) is 4.79 Å². The van der Waals surface area contributed by atoms with Gasteiger partial charge >= 0.3 is 0 Å². The molecule has 0 aliphatic carbocycles. The van der Waals surface area contributed by atoms with Crippen molar-refractivity contribution in [1.29, 1.82) is 0 Å². The number of hydrogen-bond acceptors (Lipinski definition) is 5. The number of aryl methyl sites for hydroxylation is 1. The minimum absolute atomic E-state index is 0.0591. The summed E-state index contributed by atoms with van der Waals surface area (Å²) in [4.78, 5) is 22.1. The Morgan fingerprint density at radius 2 is 1.97 bits per heavy atom. The van der Waals surface area contributed by atoms with E-state index in [4.69, 9.17) is 4.74 Å². The number of halogens is 1. The molecule has 32 heavy (non-hydrogen) atoms. The molecule has 0 aliphatic heterocycles. The number of carbonyl (C=O) groups is 1. The maximum atomic E-state index is 13.8. The Hall–Kier alpha value is -2.54. The molecule has 0 unspecified atom stereocenters. The van der Waals surface area contributed by atoms with Gasteiger partial charge in [-0.25, -0.2) is 14.4 Å². The van der Waals surface area contributed by atoms with Crippen molar-refractivity contribution in [2.75, 3.05) is 25.1 Å². The third-order valence-electron chi connectivity index (χ3n) is 4.96. The van der Waals surface area contributed by atoms with Crippen molar-refractivity contribution >= 4 is 11.7 Å². The summed E-state index contributed by atoms with van der Waals surface area (Å²) in [6.45, 7) is 10.1. The lowest BCUT2D eigenvalue weighted by atomic mass is 10.0. The number of ether oxygens (including phenoxy) is 1. The van der Waals surface area contributed by atoms with Crippen LogP contribution in [0.25, 0.3) is 11.4 Å². The number of benzene rings is 1. The van der Waals surface area contributed by atoms with E-state index in [0.717, 1.165) is 31.4 Å². The third-order valence-corrected chi connectivity index (χ3v) is 4.96. The van der Waals surface area contributed by atoms with E-state index >= 15 is 0 Å². The SMILES string of the molecule is CCCCc1cc(N[C@@H](CC(C)C)C(=O)NCCCOCC)nc(-c2cccc(F)c2)n1. The monoisotopic (exact) mass is 444 g/mol. The molecule has 0 bridgehead atoms. The van der Waals surface area contributed by atoms with Crippen molar-refractivity contribution in [1.82, 2.24) is 15.3 Å². The van der Waals surface area contributed by atoms with E-state index in [1.807, 2.05) is 13.0 Å². The number of nitrogens with one attached hydrogen (secondary N) is 2. The highest BCUT2D eigenvalue weighted by Crippen LogP contribution is 2.21. The molecule has 2 N–H and O–H groups in total. The number of carbonyl (C=O) groups excluding carboxylic acids is 1. The van der Waals surface area contributed by atoms with Gasteiger partial charge in [-0.2, -0.15) is 0 Å². The minimum Gasteiger partial charge on any atom is -0.382 e. The highest BCUT2D eigenvalue weighted by Gasteiger charge is 2.21. The molecule has 1 heterocycles. The standard InChI is InChI=1S/C25H37FN4O2/c1-5-7-12-21-17-23(30-24(28-21)19-10-8-11-20(26)16-19)29-22(15-18(3)4)25(31)27-13-9-14-32-6-2/h8,10-11,16-18,22H,5-7,9,12-15H2,1-4H3,(H,27,31)(H,28,29,30)/t22-/m0/s1. The van der Waals surface area contributed by atoms with Gasteiger partial charge in [0.15, 0.2) is 5.82 Å². The minimum atomic E-state index is -0.420. The van der Waals surface area contributed by atoms with Gasteiger partial charge < -0.3 is 15.4 Å². The van der Waals surface area contributed by atoms with Crippen LogP contribution >= 0.6 is 0 Å². The zero-order chi connectivity index (χ0) is 23.3. The van der Waals surface area contributed by atoms with Crippen molar-refractivity contribution in [3.8, 4) is 11.4 Å². The van der Waals surface area contributed by atoms with Crippen LogP contribution in [0, 0.1) is 11.7 Å². The Bertz CT molecular complexity index is 844. The molecule has 1 atom stereocenters. The van der Waals surface area contributed by atoms with Gasteiger partial charge in [0, 0.05) is 37.1 Å². The predicted molar refractivity (Wildman–Crippen MR) is 127 cm³/mol. The lowest BCUT2D eigenvalue weighted by molar-refractivity contribution is -0.122. The molecule has 1 amide bonds. The first-order valence-electron chi connectivity index (χ1n) is 11.7.